The molecule has 92 valence electrons. The maximum absolute atomic E-state index is 11.2. The quantitative estimate of drug-likeness (QED) is 0.819. The van der Waals surface area contributed by atoms with Crippen LogP contribution in [-0.2, 0) is 19.6 Å². The fraction of sp³-hybridized carbons (Fsp3) is 0.200. The van der Waals surface area contributed by atoms with Crippen LogP contribution in [0.15, 0.2) is 29.2 Å². The molecule has 1 aromatic rings. The van der Waals surface area contributed by atoms with Crippen LogP contribution in [0.5, 0.6) is 0 Å². The lowest BCUT2D eigenvalue weighted by Gasteiger charge is -2.17. The largest absolute Gasteiger partial charge is 0.274 e. The number of amides is 2. The van der Waals surface area contributed by atoms with Crippen molar-refractivity contribution in [2.45, 2.75) is 18.7 Å². The Bertz CT molecular complexity index is 534. The van der Waals surface area contributed by atoms with Crippen molar-refractivity contribution in [3.05, 3.63) is 24.3 Å². The van der Waals surface area contributed by atoms with E-state index >= 15 is 0 Å². The SMILES string of the molecule is CC(=O)N(C(C)=O)c1ccc(S(N)(=O)=O)cc1. The van der Waals surface area contributed by atoms with Gasteiger partial charge in [-0.05, 0) is 24.3 Å². The highest BCUT2D eigenvalue weighted by Gasteiger charge is 2.16. The Morgan fingerprint density at radius 1 is 1.06 bits per heavy atom. The Hall–Kier alpha value is -1.73. The van der Waals surface area contributed by atoms with Crippen LogP contribution in [0.2, 0.25) is 0 Å². The molecule has 0 aliphatic carbocycles. The summed E-state index contributed by atoms with van der Waals surface area (Å²) in [5.74, 6) is -0.887. The van der Waals surface area contributed by atoms with Gasteiger partial charge in [-0.25, -0.2) is 13.6 Å². The van der Waals surface area contributed by atoms with Gasteiger partial charge in [-0.3, -0.25) is 14.5 Å². The molecule has 0 unspecified atom stereocenters. The zero-order valence-corrected chi connectivity index (χ0v) is 10.2. The molecule has 17 heavy (non-hydrogen) atoms. The lowest BCUT2D eigenvalue weighted by Crippen LogP contribution is -2.33. The molecule has 2 amide bonds. The van der Waals surface area contributed by atoms with E-state index in [9.17, 15) is 18.0 Å². The number of hydrogen-bond acceptors (Lipinski definition) is 4. The number of hydrogen-bond donors (Lipinski definition) is 1. The van der Waals surface area contributed by atoms with Crippen LogP contribution in [0.4, 0.5) is 5.69 Å². The van der Waals surface area contributed by atoms with Gasteiger partial charge >= 0.3 is 0 Å². The van der Waals surface area contributed by atoms with E-state index in [1.807, 2.05) is 0 Å². The van der Waals surface area contributed by atoms with Gasteiger partial charge in [0.05, 0.1) is 10.6 Å². The predicted molar refractivity (Wildman–Crippen MR) is 61.7 cm³/mol. The van der Waals surface area contributed by atoms with E-state index in [0.29, 0.717) is 5.69 Å². The topological polar surface area (TPSA) is 97.5 Å². The summed E-state index contributed by atoms with van der Waals surface area (Å²) in [7, 11) is -3.77. The van der Waals surface area contributed by atoms with E-state index in [1.54, 1.807) is 0 Å². The summed E-state index contributed by atoms with van der Waals surface area (Å²) in [5.41, 5.74) is 0.303. The minimum atomic E-state index is -3.77. The predicted octanol–water partition coefficient (Wildman–Crippen LogP) is 0.233. The van der Waals surface area contributed by atoms with E-state index in [1.165, 1.54) is 38.1 Å². The van der Waals surface area contributed by atoms with Crippen LogP contribution in [0.25, 0.3) is 0 Å². The number of rotatable bonds is 2. The Balaban J connectivity index is 3.18. The zero-order valence-electron chi connectivity index (χ0n) is 9.38. The fourth-order valence-corrected chi connectivity index (χ4v) is 1.89. The van der Waals surface area contributed by atoms with Crippen molar-refractivity contribution in [1.29, 1.82) is 0 Å². The molecule has 1 aromatic carbocycles. The second-order valence-corrected chi connectivity index (χ2v) is 4.97. The summed E-state index contributed by atoms with van der Waals surface area (Å²) in [6, 6.07) is 5.18. The van der Waals surface area contributed by atoms with Crippen molar-refractivity contribution in [3.63, 3.8) is 0 Å². The van der Waals surface area contributed by atoms with Crippen LogP contribution < -0.4 is 10.0 Å². The fourth-order valence-electron chi connectivity index (χ4n) is 1.37. The Labute approximate surface area is 99.1 Å². The molecule has 0 bridgehead atoms. The summed E-state index contributed by atoms with van der Waals surface area (Å²) < 4.78 is 22.0. The van der Waals surface area contributed by atoms with E-state index < -0.39 is 21.8 Å². The number of primary sulfonamides is 1. The molecule has 7 heteroatoms. The first-order valence-electron chi connectivity index (χ1n) is 4.67. The second kappa shape index (κ2) is 4.64. The molecule has 0 aromatic heterocycles. The summed E-state index contributed by atoms with van der Waals surface area (Å²) in [6.45, 7) is 2.49. The lowest BCUT2D eigenvalue weighted by atomic mass is 10.3. The van der Waals surface area contributed by atoms with Gasteiger partial charge in [0.2, 0.25) is 21.8 Å². The minimum absolute atomic E-state index is 0.0756. The Kier molecular flexibility index (Phi) is 3.64. The molecule has 0 heterocycles. The highest BCUT2D eigenvalue weighted by molar-refractivity contribution is 7.89. The Morgan fingerprint density at radius 2 is 1.47 bits per heavy atom. The monoisotopic (exact) mass is 256 g/mol. The highest BCUT2D eigenvalue weighted by atomic mass is 32.2. The molecule has 1 rings (SSSR count). The number of imide groups is 1. The molecular weight excluding hydrogens is 244 g/mol. The average molecular weight is 256 g/mol. The first-order chi connectivity index (χ1) is 7.73. The number of nitrogens with zero attached hydrogens (tertiary/aromatic N) is 1. The summed E-state index contributed by atoms with van der Waals surface area (Å²) in [5, 5.41) is 4.93. The number of carbonyl (C=O) groups is 2. The maximum Gasteiger partial charge on any atom is 0.238 e. The van der Waals surface area contributed by atoms with Gasteiger partial charge in [-0.2, -0.15) is 0 Å². The molecular formula is C10H12N2O4S. The summed E-state index contributed by atoms with van der Waals surface area (Å²) in [6.07, 6.45) is 0. The first-order valence-corrected chi connectivity index (χ1v) is 6.22. The van der Waals surface area contributed by atoms with Crippen LogP contribution >= 0.6 is 0 Å². The van der Waals surface area contributed by atoms with Gasteiger partial charge in [0, 0.05) is 13.8 Å². The van der Waals surface area contributed by atoms with Gasteiger partial charge in [-0.15, -0.1) is 0 Å². The normalized spacial score (nSPS) is 11.0. The highest BCUT2D eigenvalue weighted by Crippen LogP contribution is 2.17. The number of carbonyl (C=O) groups excluding carboxylic acids is 2. The average Bonchev–Trinajstić information content (AvgIpc) is 2.15. The lowest BCUT2D eigenvalue weighted by molar-refractivity contribution is -0.124. The minimum Gasteiger partial charge on any atom is -0.274 e. The maximum atomic E-state index is 11.2. The van der Waals surface area contributed by atoms with Gasteiger partial charge in [0.25, 0.3) is 0 Å². The number of anilines is 1. The number of nitrogens with two attached hydrogens (primary N) is 1. The first kappa shape index (κ1) is 13.3. The van der Waals surface area contributed by atoms with Crippen LogP contribution in [0.1, 0.15) is 13.8 Å². The van der Waals surface area contributed by atoms with Crippen LogP contribution in [0.3, 0.4) is 0 Å². The smallest absolute Gasteiger partial charge is 0.238 e. The van der Waals surface area contributed by atoms with Crippen molar-refractivity contribution in [2.75, 3.05) is 4.90 Å². The van der Waals surface area contributed by atoms with Crippen molar-refractivity contribution >= 4 is 27.5 Å². The molecule has 0 aliphatic heterocycles. The number of benzene rings is 1. The van der Waals surface area contributed by atoms with Crippen molar-refractivity contribution in [2.24, 2.45) is 5.14 Å². The third-order valence-electron chi connectivity index (χ3n) is 2.05. The van der Waals surface area contributed by atoms with E-state index in [0.717, 1.165) is 4.90 Å². The van der Waals surface area contributed by atoms with Crippen molar-refractivity contribution in [3.8, 4) is 0 Å². The van der Waals surface area contributed by atoms with E-state index in [4.69, 9.17) is 5.14 Å². The van der Waals surface area contributed by atoms with Gasteiger partial charge < -0.3 is 0 Å². The Morgan fingerprint density at radius 3 is 1.76 bits per heavy atom. The van der Waals surface area contributed by atoms with Crippen LogP contribution in [0, 0.1) is 0 Å². The van der Waals surface area contributed by atoms with Crippen LogP contribution in [-0.4, -0.2) is 20.2 Å². The third kappa shape index (κ3) is 3.11. The van der Waals surface area contributed by atoms with Crippen molar-refractivity contribution < 1.29 is 18.0 Å². The van der Waals surface area contributed by atoms with E-state index in [-0.39, 0.29) is 4.90 Å². The zero-order chi connectivity index (χ0) is 13.2. The second-order valence-electron chi connectivity index (χ2n) is 3.41. The number of sulfonamides is 1. The summed E-state index contributed by atoms with van der Waals surface area (Å²) in [4.78, 5) is 23.3. The third-order valence-corrected chi connectivity index (χ3v) is 2.98. The standard InChI is InChI=1S/C10H12N2O4S/c1-7(13)12(8(2)14)9-3-5-10(6-4-9)17(11,15)16/h3-6H,1-2H3,(H2,11,15,16). The van der Waals surface area contributed by atoms with E-state index in [2.05, 4.69) is 0 Å². The molecule has 2 N–H and O–H groups in total. The summed E-state index contributed by atoms with van der Waals surface area (Å²) >= 11 is 0. The molecule has 0 radical (unpaired) electrons. The van der Waals surface area contributed by atoms with Gasteiger partial charge in [0.15, 0.2) is 0 Å². The van der Waals surface area contributed by atoms with Crippen molar-refractivity contribution in [1.82, 2.24) is 0 Å². The molecule has 0 spiro atoms. The molecule has 0 saturated carbocycles. The molecule has 0 atom stereocenters. The van der Waals surface area contributed by atoms with Gasteiger partial charge in [0.1, 0.15) is 0 Å². The molecule has 0 fully saturated rings. The molecule has 0 aliphatic rings. The molecule has 0 saturated heterocycles. The molecule has 6 nitrogen and oxygen atoms in total. The van der Waals surface area contributed by atoms with Gasteiger partial charge in [-0.1, -0.05) is 0 Å².